The van der Waals surface area contributed by atoms with Crippen molar-refractivity contribution in [1.82, 2.24) is 10.2 Å². The molecule has 1 aromatic carbocycles. The first kappa shape index (κ1) is 26.8. The third-order valence-electron chi connectivity index (χ3n) is 6.29. The summed E-state index contributed by atoms with van der Waals surface area (Å²) >= 11 is 0. The summed E-state index contributed by atoms with van der Waals surface area (Å²) in [5.41, 5.74) is 1.11. The number of benzene rings is 1. The molecule has 2 N–H and O–H groups in total. The van der Waals surface area contributed by atoms with Crippen molar-refractivity contribution in [3.63, 3.8) is 0 Å². The number of ether oxygens (including phenoxy) is 1. The van der Waals surface area contributed by atoms with Crippen molar-refractivity contribution in [1.29, 1.82) is 0 Å². The Morgan fingerprint density at radius 2 is 1.88 bits per heavy atom. The number of nitrogens with one attached hydrogen (secondary N) is 1. The number of aliphatic carboxylic acids is 1. The van der Waals surface area contributed by atoms with E-state index in [0.717, 1.165) is 50.5 Å². The molecule has 1 aromatic rings. The summed E-state index contributed by atoms with van der Waals surface area (Å²) in [6.45, 7) is 3.83. The first-order valence-corrected chi connectivity index (χ1v) is 12.4. The molecule has 3 unspecified atom stereocenters. The summed E-state index contributed by atoms with van der Waals surface area (Å²) in [7, 11) is 0. The zero-order chi connectivity index (χ0) is 24.1. The van der Waals surface area contributed by atoms with Crippen LogP contribution in [0.1, 0.15) is 77.2 Å². The number of amides is 1. The van der Waals surface area contributed by atoms with Crippen LogP contribution in [0.25, 0.3) is 0 Å². The second-order valence-corrected chi connectivity index (χ2v) is 8.84. The van der Waals surface area contributed by atoms with Gasteiger partial charge in [-0.15, -0.1) is 0 Å². The Morgan fingerprint density at radius 1 is 1.15 bits per heavy atom. The lowest BCUT2D eigenvalue weighted by molar-refractivity contribution is -0.149. The van der Waals surface area contributed by atoms with E-state index in [4.69, 9.17) is 4.74 Å². The number of esters is 1. The number of carboxylic acid groups (broad SMARTS) is 1. The fraction of sp³-hybridized carbons (Fsp3) is 0.654. The van der Waals surface area contributed by atoms with Crippen LogP contribution in [-0.2, 0) is 25.5 Å². The summed E-state index contributed by atoms with van der Waals surface area (Å²) in [5.74, 6) is -1.59. The van der Waals surface area contributed by atoms with E-state index in [0.29, 0.717) is 19.3 Å². The van der Waals surface area contributed by atoms with Crippen molar-refractivity contribution in [3.8, 4) is 0 Å². The molecule has 0 spiro atoms. The van der Waals surface area contributed by atoms with E-state index >= 15 is 0 Å². The Kier molecular flexibility index (Phi) is 11.9. The molecule has 1 saturated heterocycles. The highest BCUT2D eigenvalue weighted by molar-refractivity contribution is 5.86. The predicted molar refractivity (Wildman–Crippen MR) is 128 cm³/mol. The highest BCUT2D eigenvalue weighted by atomic mass is 16.5. The maximum atomic E-state index is 13.6. The Hall–Kier alpha value is -2.41. The average Bonchev–Trinajstić information content (AvgIpc) is 2.86. The van der Waals surface area contributed by atoms with Crippen molar-refractivity contribution in [2.45, 2.75) is 96.2 Å². The van der Waals surface area contributed by atoms with Gasteiger partial charge in [-0.1, -0.05) is 69.4 Å². The maximum absolute atomic E-state index is 13.6. The summed E-state index contributed by atoms with van der Waals surface area (Å²) in [5, 5.41) is 12.8. The van der Waals surface area contributed by atoms with Crippen LogP contribution in [-0.4, -0.2) is 59.1 Å². The Balaban J connectivity index is 2.21. The number of carboxylic acids is 1. The number of rotatable bonds is 12. The molecule has 1 aliphatic heterocycles. The lowest BCUT2D eigenvalue weighted by Gasteiger charge is -2.34. The van der Waals surface area contributed by atoms with Gasteiger partial charge in [-0.2, -0.15) is 0 Å². The molecule has 33 heavy (non-hydrogen) atoms. The lowest BCUT2D eigenvalue weighted by Crippen LogP contribution is -2.55. The van der Waals surface area contributed by atoms with Gasteiger partial charge in [-0.05, 0) is 44.6 Å². The zero-order valence-corrected chi connectivity index (χ0v) is 20.1. The molecule has 0 saturated carbocycles. The summed E-state index contributed by atoms with van der Waals surface area (Å²) in [6.07, 6.45) is 8.16. The Bertz CT molecular complexity index is 739. The second-order valence-electron chi connectivity index (χ2n) is 8.84. The predicted octanol–water partition coefficient (Wildman–Crippen LogP) is 3.95. The number of aryl methyl sites for hydroxylation is 1. The van der Waals surface area contributed by atoms with Gasteiger partial charge in [0.2, 0.25) is 5.91 Å². The van der Waals surface area contributed by atoms with Crippen molar-refractivity contribution in [3.05, 3.63) is 35.9 Å². The van der Waals surface area contributed by atoms with Gasteiger partial charge in [-0.25, -0.2) is 0 Å². The molecule has 1 aliphatic rings. The van der Waals surface area contributed by atoms with Crippen LogP contribution in [0.5, 0.6) is 0 Å². The molecule has 0 aliphatic carbocycles. The lowest BCUT2D eigenvalue weighted by atomic mass is 10.0. The van der Waals surface area contributed by atoms with Crippen LogP contribution in [0.15, 0.2) is 30.3 Å². The number of carbonyl (C=O) groups is 3. The highest BCUT2D eigenvalue weighted by Crippen LogP contribution is 2.22. The quantitative estimate of drug-likeness (QED) is 0.459. The van der Waals surface area contributed by atoms with Crippen molar-refractivity contribution >= 4 is 17.8 Å². The molecule has 0 aromatic heterocycles. The third kappa shape index (κ3) is 9.16. The number of carbonyl (C=O) groups excluding carboxylic acids is 2. The van der Waals surface area contributed by atoms with Crippen LogP contribution in [0.3, 0.4) is 0 Å². The smallest absolute Gasteiger partial charge is 0.323 e. The van der Waals surface area contributed by atoms with E-state index in [9.17, 15) is 19.5 Å². The average molecular weight is 461 g/mol. The van der Waals surface area contributed by atoms with E-state index in [2.05, 4.69) is 12.2 Å². The van der Waals surface area contributed by atoms with Gasteiger partial charge < -0.3 is 14.7 Å². The number of hydrogen-bond donors (Lipinski definition) is 2. The molecule has 1 amide bonds. The summed E-state index contributed by atoms with van der Waals surface area (Å²) < 4.78 is 5.30. The normalized spacial score (nSPS) is 20.4. The Morgan fingerprint density at radius 3 is 2.55 bits per heavy atom. The van der Waals surface area contributed by atoms with Crippen molar-refractivity contribution in [2.24, 2.45) is 0 Å². The van der Waals surface area contributed by atoms with E-state index in [1.54, 1.807) is 11.8 Å². The molecule has 1 heterocycles. The van der Waals surface area contributed by atoms with E-state index in [-0.39, 0.29) is 31.1 Å². The minimum absolute atomic E-state index is 0.0821. The minimum atomic E-state index is -1.01. The van der Waals surface area contributed by atoms with Gasteiger partial charge in [-0.3, -0.25) is 19.7 Å². The molecule has 184 valence electrons. The van der Waals surface area contributed by atoms with Gasteiger partial charge in [0.1, 0.15) is 12.6 Å². The molecule has 1 fully saturated rings. The molecular formula is C26H40N2O5. The van der Waals surface area contributed by atoms with Crippen LogP contribution in [0.4, 0.5) is 0 Å². The minimum Gasteiger partial charge on any atom is -0.480 e. The first-order valence-electron chi connectivity index (χ1n) is 12.4. The third-order valence-corrected chi connectivity index (χ3v) is 6.29. The zero-order valence-electron chi connectivity index (χ0n) is 20.1. The standard InChI is InChI=1S/C26H40N2O5/c1-3-5-14-21-15-10-7-11-16-22(25(31)28(21)19-24(29)30)27-23(26(32)33-4-2)18-17-20-12-8-6-9-13-20/h6,8-9,12-13,21-23,27H,3-5,7,10-11,14-19H2,1-2H3,(H,29,30). The van der Waals surface area contributed by atoms with Gasteiger partial charge in [0.25, 0.3) is 0 Å². The van der Waals surface area contributed by atoms with Gasteiger partial charge in [0, 0.05) is 6.04 Å². The molecular weight excluding hydrogens is 420 g/mol. The fourth-order valence-corrected chi connectivity index (χ4v) is 4.52. The van der Waals surface area contributed by atoms with E-state index < -0.39 is 18.1 Å². The summed E-state index contributed by atoms with van der Waals surface area (Å²) in [6, 6.07) is 8.60. The second kappa shape index (κ2) is 14.7. The Labute approximate surface area is 197 Å². The molecule has 2 rings (SSSR count). The maximum Gasteiger partial charge on any atom is 0.323 e. The molecule has 7 heteroatoms. The van der Waals surface area contributed by atoms with Gasteiger partial charge in [0.05, 0.1) is 12.6 Å². The monoisotopic (exact) mass is 460 g/mol. The van der Waals surface area contributed by atoms with Crippen LogP contribution < -0.4 is 5.32 Å². The topological polar surface area (TPSA) is 95.9 Å². The van der Waals surface area contributed by atoms with Crippen molar-refractivity contribution in [2.75, 3.05) is 13.2 Å². The number of hydrogen-bond acceptors (Lipinski definition) is 5. The molecule has 0 radical (unpaired) electrons. The first-order chi connectivity index (χ1) is 16.0. The van der Waals surface area contributed by atoms with Crippen LogP contribution in [0.2, 0.25) is 0 Å². The van der Waals surface area contributed by atoms with Crippen molar-refractivity contribution < 1.29 is 24.2 Å². The highest BCUT2D eigenvalue weighted by Gasteiger charge is 2.34. The molecule has 7 nitrogen and oxygen atoms in total. The largest absolute Gasteiger partial charge is 0.480 e. The SMILES string of the molecule is CCCCC1CCCCCC(NC(CCc2ccccc2)C(=O)OCC)C(=O)N1CC(=O)O. The molecule has 0 bridgehead atoms. The van der Waals surface area contributed by atoms with Crippen LogP contribution in [0, 0.1) is 0 Å². The van der Waals surface area contributed by atoms with Gasteiger partial charge in [0.15, 0.2) is 0 Å². The van der Waals surface area contributed by atoms with E-state index in [1.165, 1.54) is 0 Å². The van der Waals surface area contributed by atoms with Crippen LogP contribution >= 0.6 is 0 Å². The summed E-state index contributed by atoms with van der Waals surface area (Å²) in [4.78, 5) is 39.5. The number of nitrogens with zero attached hydrogens (tertiary/aromatic N) is 1. The number of unbranched alkanes of at least 4 members (excludes halogenated alkanes) is 1. The molecule has 3 atom stereocenters. The van der Waals surface area contributed by atoms with E-state index in [1.807, 2.05) is 30.3 Å². The fourth-order valence-electron chi connectivity index (χ4n) is 4.52. The van der Waals surface area contributed by atoms with Gasteiger partial charge >= 0.3 is 11.9 Å².